The van der Waals surface area contributed by atoms with Gasteiger partial charge < -0.3 is 4.42 Å². The number of carbonyl (C=O) groups is 1. The van der Waals surface area contributed by atoms with Crippen molar-refractivity contribution in [3.05, 3.63) is 90.3 Å². The lowest BCUT2D eigenvalue weighted by atomic mass is 9.97. The Hall–Kier alpha value is -3.92. The third-order valence-corrected chi connectivity index (χ3v) is 6.15. The highest BCUT2D eigenvalue weighted by molar-refractivity contribution is 7.13. The molecule has 9 nitrogen and oxygen atoms in total. The Labute approximate surface area is 178 Å². The maximum atomic E-state index is 13.5. The fraction of sp³-hybridized carbons (Fsp3) is 0.143. The lowest BCUT2D eigenvalue weighted by Crippen LogP contribution is -2.29. The highest BCUT2D eigenvalue weighted by Crippen LogP contribution is 2.42. The van der Waals surface area contributed by atoms with E-state index in [1.807, 2.05) is 13.8 Å². The molecule has 0 saturated carbocycles. The smallest absolute Gasteiger partial charge is 0.297 e. The molecule has 10 heteroatoms. The van der Waals surface area contributed by atoms with E-state index in [0.29, 0.717) is 21.7 Å². The van der Waals surface area contributed by atoms with Crippen molar-refractivity contribution in [3.63, 3.8) is 0 Å². The average Bonchev–Trinajstić information content (AvgIpc) is 3.36. The summed E-state index contributed by atoms with van der Waals surface area (Å²) in [5.41, 5.74) is 3.99. The molecular formula is C21H14N4O5S. The molecule has 0 N–H and O–H groups in total. The topological polar surface area (TPSA) is 119 Å². The molecular weight excluding hydrogens is 420 g/mol. The number of nitrogens with zero attached hydrogens (tertiary/aromatic N) is 4. The van der Waals surface area contributed by atoms with Crippen LogP contribution < -0.4 is 10.3 Å². The molecule has 5 rings (SSSR count). The number of nitro benzene ring substituents is 1. The molecule has 2 aromatic heterocycles. The number of anilines is 1. The summed E-state index contributed by atoms with van der Waals surface area (Å²) < 4.78 is 5.93. The van der Waals surface area contributed by atoms with Crippen LogP contribution in [0.25, 0.3) is 11.0 Å². The zero-order valence-corrected chi connectivity index (χ0v) is 17.2. The number of rotatable bonds is 3. The van der Waals surface area contributed by atoms with E-state index in [-0.39, 0.29) is 22.4 Å². The van der Waals surface area contributed by atoms with Crippen molar-refractivity contribution in [1.82, 2.24) is 10.2 Å². The van der Waals surface area contributed by atoms with Gasteiger partial charge in [-0.1, -0.05) is 11.3 Å². The van der Waals surface area contributed by atoms with E-state index in [1.54, 1.807) is 12.1 Å². The summed E-state index contributed by atoms with van der Waals surface area (Å²) in [5, 5.41) is 19.5. The van der Waals surface area contributed by atoms with Crippen molar-refractivity contribution in [2.75, 3.05) is 4.90 Å². The Morgan fingerprint density at radius 3 is 2.48 bits per heavy atom. The first-order valence-corrected chi connectivity index (χ1v) is 10.2. The van der Waals surface area contributed by atoms with Gasteiger partial charge in [-0.25, -0.2) is 0 Å². The van der Waals surface area contributed by atoms with Crippen LogP contribution in [-0.4, -0.2) is 21.0 Å². The Kier molecular flexibility index (Phi) is 4.19. The lowest BCUT2D eigenvalue weighted by molar-refractivity contribution is -0.384. The first-order valence-electron chi connectivity index (χ1n) is 9.29. The van der Waals surface area contributed by atoms with Crippen molar-refractivity contribution >= 4 is 39.0 Å². The highest BCUT2D eigenvalue weighted by Gasteiger charge is 2.45. The van der Waals surface area contributed by atoms with Crippen LogP contribution in [0.3, 0.4) is 0 Å². The van der Waals surface area contributed by atoms with Crippen LogP contribution in [-0.2, 0) is 0 Å². The van der Waals surface area contributed by atoms with E-state index in [4.69, 9.17) is 4.42 Å². The Bertz CT molecular complexity index is 1430. The van der Waals surface area contributed by atoms with E-state index in [2.05, 4.69) is 10.2 Å². The number of hydrogen-bond acceptors (Lipinski definition) is 8. The van der Waals surface area contributed by atoms with Gasteiger partial charge in [0.1, 0.15) is 11.1 Å². The van der Waals surface area contributed by atoms with E-state index >= 15 is 0 Å². The number of non-ortho nitro benzene ring substituents is 1. The number of aryl methyl sites for hydroxylation is 2. The highest BCUT2D eigenvalue weighted by atomic mass is 32.1. The van der Waals surface area contributed by atoms with Crippen LogP contribution in [0.15, 0.2) is 51.1 Å². The van der Waals surface area contributed by atoms with Crippen molar-refractivity contribution < 1.29 is 14.1 Å². The zero-order chi connectivity index (χ0) is 21.9. The fourth-order valence-corrected chi connectivity index (χ4v) is 4.38. The normalized spacial score (nSPS) is 15.5. The van der Waals surface area contributed by atoms with Gasteiger partial charge in [-0.2, -0.15) is 0 Å². The number of aromatic nitrogens is 2. The number of fused-ring (bicyclic) bond motifs is 2. The average molecular weight is 434 g/mol. The monoisotopic (exact) mass is 434 g/mol. The van der Waals surface area contributed by atoms with E-state index in [9.17, 15) is 19.7 Å². The van der Waals surface area contributed by atoms with Crippen LogP contribution in [0.4, 0.5) is 10.8 Å². The SMILES string of the molecule is Cc1cc2oc3c(c(=O)c2cc1C)C(c1ccc([N+](=O)[O-])cc1)N(c1nncs1)C3=O. The molecule has 0 spiro atoms. The quantitative estimate of drug-likeness (QED) is 0.354. The third-order valence-electron chi connectivity index (χ3n) is 5.46. The second kappa shape index (κ2) is 6.81. The molecule has 1 atom stereocenters. The van der Waals surface area contributed by atoms with Crippen molar-refractivity contribution in [2.45, 2.75) is 19.9 Å². The molecule has 0 radical (unpaired) electrons. The molecule has 3 heterocycles. The summed E-state index contributed by atoms with van der Waals surface area (Å²) in [5.74, 6) is -0.563. The molecule has 0 aliphatic carbocycles. The fourth-order valence-electron chi connectivity index (χ4n) is 3.79. The van der Waals surface area contributed by atoms with Gasteiger partial charge in [0.15, 0.2) is 5.43 Å². The second-order valence-electron chi connectivity index (χ2n) is 7.25. The summed E-state index contributed by atoms with van der Waals surface area (Å²) in [4.78, 5) is 38.8. The van der Waals surface area contributed by atoms with Gasteiger partial charge in [0.2, 0.25) is 10.9 Å². The summed E-state index contributed by atoms with van der Waals surface area (Å²) in [6.07, 6.45) is 0. The zero-order valence-electron chi connectivity index (χ0n) is 16.4. The lowest BCUT2D eigenvalue weighted by Gasteiger charge is -2.21. The minimum atomic E-state index is -0.835. The molecule has 1 amide bonds. The van der Waals surface area contributed by atoms with Gasteiger partial charge in [-0.3, -0.25) is 24.6 Å². The minimum Gasteiger partial charge on any atom is -0.450 e. The molecule has 0 fully saturated rings. The van der Waals surface area contributed by atoms with Gasteiger partial charge in [0.25, 0.3) is 11.6 Å². The van der Waals surface area contributed by atoms with E-state index < -0.39 is 16.9 Å². The maximum Gasteiger partial charge on any atom is 0.297 e. The summed E-state index contributed by atoms with van der Waals surface area (Å²) in [6, 6.07) is 8.40. The Balaban J connectivity index is 1.80. The van der Waals surface area contributed by atoms with Crippen LogP contribution >= 0.6 is 11.3 Å². The van der Waals surface area contributed by atoms with Crippen LogP contribution in [0, 0.1) is 24.0 Å². The van der Waals surface area contributed by atoms with Gasteiger partial charge in [-0.05, 0) is 54.8 Å². The number of benzene rings is 2. The van der Waals surface area contributed by atoms with Crippen molar-refractivity contribution in [3.8, 4) is 0 Å². The summed E-state index contributed by atoms with van der Waals surface area (Å²) in [6.45, 7) is 3.80. The van der Waals surface area contributed by atoms with E-state index in [0.717, 1.165) is 22.5 Å². The number of nitro groups is 1. The third kappa shape index (κ3) is 2.83. The number of hydrogen-bond donors (Lipinski definition) is 0. The van der Waals surface area contributed by atoms with Gasteiger partial charge in [0, 0.05) is 12.1 Å². The largest absolute Gasteiger partial charge is 0.450 e. The molecule has 4 aromatic rings. The number of amides is 1. The molecule has 2 aromatic carbocycles. The molecule has 1 aliphatic heterocycles. The molecule has 31 heavy (non-hydrogen) atoms. The first kappa shape index (κ1) is 19.1. The summed E-state index contributed by atoms with van der Waals surface area (Å²) in [7, 11) is 0. The Morgan fingerprint density at radius 2 is 1.84 bits per heavy atom. The van der Waals surface area contributed by atoms with Gasteiger partial charge in [-0.15, -0.1) is 10.2 Å². The second-order valence-corrected chi connectivity index (χ2v) is 8.07. The molecule has 0 saturated heterocycles. The van der Waals surface area contributed by atoms with Crippen molar-refractivity contribution in [2.24, 2.45) is 0 Å². The molecule has 1 aliphatic rings. The van der Waals surface area contributed by atoms with Crippen LogP contribution in [0.1, 0.15) is 38.9 Å². The van der Waals surface area contributed by atoms with Crippen LogP contribution in [0.5, 0.6) is 0 Å². The first-order chi connectivity index (χ1) is 14.9. The van der Waals surface area contributed by atoms with E-state index in [1.165, 1.54) is 34.7 Å². The molecule has 154 valence electrons. The predicted molar refractivity (Wildman–Crippen MR) is 114 cm³/mol. The van der Waals surface area contributed by atoms with Crippen LogP contribution in [0.2, 0.25) is 0 Å². The van der Waals surface area contributed by atoms with Crippen molar-refractivity contribution in [1.29, 1.82) is 0 Å². The predicted octanol–water partition coefficient (Wildman–Crippen LogP) is 3.92. The Morgan fingerprint density at radius 1 is 1.13 bits per heavy atom. The summed E-state index contributed by atoms with van der Waals surface area (Å²) >= 11 is 1.15. The number of carbonyl (C=O) groups excluding carboxylic acids is 1. The minimum absolute atomic E-state index is 0.0562. The molecule has 1 unspecified atom stereocenters. The van der Waals surface area contributed by atoms with Gasteiger partial charge >= 0.3 is 0 Å². The van der Waals surface area contributed by atoms with Gasteiger partial charge in [0.05, 0.1) is 21.9 Å². The standard InChI is InChI=1S/C21H14N4O5S/c1-10-7-14-15(8-11(10)2)30-19-16(18(14)26)17(12-3-5-13(6-4-12)25(28)29)24(20(19)27)21-23-22-9-31-21/h3-9,17H,1-2H3. The maximum absolute atomic E-state index is 13.5. The molecule has 0 bridgehead atoms.